The Balaban J connectivity index is 0.000000386. The lowest BCUT2D eigenvalue weighted by Crippen LogP contribution is -2.33. The first-order valence-electron chi connectivity index (χ1n) is 15.5. The number of hydrogen-bond acceptors (Lipinski definition) is 7. The number of carbonyl (C=O) groups excluding carboxylic acids is 1. The molecule has 250 valence electrons. The highest BCUT2D eigenvalue weighted by Crippen LogP contribution is 2.34. The quantitative estimate of drug-likeness (QED) is 0.234. The molecule has 3 aromatic rings. The number of aryl methyl sites for hydroxylation is 1. The second-order valence-electron chi connectivity index (χ2n) is 10.7. The number of halogens is 3. The molecule has 2 aromatic carbocycles. The lowest BCUT2D eigenvalue weighted by Gasteiger charge is -2.31. The van der Waals surface area contributed by atoms with Gasteiger partial charge in [-0.2, -0.15) is 23.1 Å². The first-order chi connectivity index (χ1) is 21.9. The van der Waals surface area contributed by atoms with Crippen LogP contribution >= 0.6 is 0 Å². The molecule has 1 aromatic heterocycles. The summed E-state index contributed by atoms with van der Waals surface area (Å²) in [5, 5.41) is 2.58. The van der Waals surface area contributed by atoms with E-state index in [1.807, 2.05) is 20.8 Å². The number of benzene rings is 2. The number of nitrogen functional groups attached to an aromatic ring is 1. The summed E-state index contributed by atoms with van der Waals surface area (Å²) in [6.45, 7) is 20.9. The smallest absolute Gasteiger partial charge is 0.421 e. The zero-order valence-corrected chi connectivity index (χ0v) is 27.5. The van der Waals surface area contributed by atoms with Crippen molar-refractivity contribution in [3.63, 3.8) is 0 Å². The predicted octanol–water partition coefficient (Wildman–Crippen LogP) is 6.49. The maximum Gasteiger partial charge on any atom is 0.421 e. The van der Waals surface area contributed by atoms with Gasteiger partial charge in [-0.25, -0.2) is 6.57 Å². The van der Waals surface area contributed by atoms with Crippen molar-refractivity contribution in [3.05, 3.63) is 76.8 Å². The maximum absolute atomic E-state index is 11.3. The van der Waals surface area contributed by atoms with E-state index < -0.39 is 17.7 Å². The van der Waals surface area contributed by atoms with Gasteiger partial charge in [0.15, 0.2) is 0 Å². The Morgan fingerprint density at radius 2 is 1.85 bits per heavy atom. The summed E-state index contributed by atoms with van der Waals surface area (Å²) in [4.78, 5) is 26.8. The van der Waals surface area contributed by atoms with E-state index in [-0.39, 0.29) is 0 Å². The summed E-state index contributed by atoms with van der Waals surface area (Å²) in [5.74, 6) is -0.981. The van der Waals surface area contributed by atoms with Crippen molar-refractivity contribution < 1.29 is 22.7 Å². The number of carbonyl (C=O) groups is 1. The van der Waals surface area contributed by atoms with Crippen LogP contribution in [-0.4, -0.2) is 66.3 Å². The molecule has 46 heavy (non-hydrogen) atoms. The molecule has 0 bridgehead atoms. The Hall–Kier alpha value is -4.37. The van der Waals surface area contributed by atoms with Crippen LogP contribution in [0.2, 0.25) is 0 Å². The van der Waals surface area contributed by atoms with Crippen LogP contribution in [0.25, 0.3) is 15.6 Å². The van der Waals surface area contributed by atoms with Crippen LogP contribution in [0, 0.1) is 13.5 Å². The highest BCUT2D eigenvalue weighted by molar-refractivity contribution is 5.97. The number of nitrogens with zero attached hydrogens (tertiary/aromatic N) is 5. The number of ether oxygens (including phenoxy) is 1. The number of fused-ring (bicyclic) bond motifs is 2. The van der Waals surface area contributed by atoms with Crippen molar-refractivity contribution in [1.82, 2.24) is 14.9 Å². The lowest BCUT2D eigenvalue weighted by molar-refractivity contribution is -0.127. The largest absolute Gasteiger partial charge is 0.462 e. The average molecular weight is 642 g/mol. The van der Waals surface area contributed by atoms with Gasteiger partial charge in [-0.15, -0.1) is 0 Å². The number of hydrogen-bond donors (Lipinski definition) is 2. The molecule has 9 nitrogen and oxygen atoms in total. The van der Waals surface area contributed by atoms with Crippen LogP contribution in [-0.2, 0) is 17.8 Å². The molecule has 0 aliphatic carbocycles. The Morgan fingerprint density at radius 1 is 1.17 bits per heavy atom. The van der Waals surface area contributed by atoms with E-state index in [0.29, 0.717) is 31.0 Å². The molecule has 4 N–H and O–H groups in total. The molecular weight excluding hydrogens is 595 g/mol. The highest BCUT2D eigenvalue weighted by Gasteiger charge is 2.35. The Labute approximate surface area is 270 Å². The van der Waals surface area contributed by atoms with Gasteiger partial charge in [-0.05, 0) is 56.8 Å². The molecule has 5 rings (SSSR count). The van der Waals surface area contributed by atoms with Gasteiger partial charge in [0.05, 0.1) is 12.2 Å². The molecule has 1 saturated heterocycles. The van der Waals surface area contributed by atoms with Crippen molar-refractivity contribution in [2.45, 2.75) is 72.1 Å². The molecule has 3 heterocycles. The molecule has 0 unspecified atom stereocenters. The first-order valence-corrected chi connectivity index (χ1v) is 15.5. The Bertz CT molecular complexity index is 1500. The minimum absolute atomic E-state index is 0.405. The molecule has 0 spiro atoms. The predicted molar refractivity (Wildman–Crippen MR) is 179 cm³/mol. The minimum Gasteiger partial charge on any atom is -0.462 e. The molecule has 1 amide bonds. The molecule has 1 atom stereocenters. The van der Waals surface area contributed by atoms with E-state index in [2.05, 4.69) is 82.3 Å². The topological polar surface area (TPSA) is 115 Å². The van der Waals surface area contributed by atoms with E-state index in [1.54, 1.807) is 0 Å². The number of likely N-dealkylation sites (N-methyl/N-ethyl adjacent to an activating group) is 1. The number of likely N-dealkylation sites (tertiary alicyclic amines) is 1. The van der Waals surface area contributed by atoms with Gasteiger partial charge in [0.2, 0.25) is 6.54 Å². The molecule has 2 aliphatic rings. The van der Waals surface area contributed by atoms with Crippen molar-refractivity contribution in [2.75, 3.05) is 43.9 Å². The summed E-state index contributed by atoms with van der Waals surface area (Å²) in [5.41, 5.74) is 13.6. The highest BCUT2D eigenvalue weighted by atomic mass is 19.4. The third-order valence-electron chi connectivity index (χ3n) is 7.56. The maximum atomic E-state index is 11.3. The van der Waals surface area contributed by atoms with Crippen molar-refractivity contribution in [2.24, 2.45) is 5.73 Å². The monoisotopic (exact) mass is 641 g/mol. The first kappa shape index (κ1) is 37.8. The van der Waals surface area contributed by atoms with Crippen molar-refractivity contribution >= 4 is 28.2 Å². The number of amides is 1. The van der Waals surface area contributed by atoms with Crippen LogP contribution < -0.4 is 21.1 Å². The number of alkyl halides is 3. The number of primary amides is 1. The van der Waals surface area contributed by atoms with E-state index in [9.17, 15) is 18.0 Å². The van der Waals surface area contributed by atoms with E-state index >= 15 is 0 Å². The van der Waals surface area contributed by atoms with Crippen LogP contribution in [0.5, 0.6) is 6.01 Å². The van der Waals surface area contributed by atoms with Gasteiger partial charge in [0.25, 0.3) is 5.91 Å². The minimum atomic E-state index is -4.69. The third kappa shape index (κ3) is 10.3. The van der Waals surface area contributed by atoms with Gasteiger partial charge < -0.3 is 30.8 Å². The van der Waals surface area contributed by atoms with Gasteiger partial charge in [-0.3, -0.25) is 4.79 Å². The summed E-state index contributed by atoms with van der Waals surface area (Å²) in [7, 11) is 2.15. The molecule has 0 radical (unpaired) electrons. The molecular formula is C34H46F3N7O2. The summed E-state index contributed by atoms with van der Waals surface area (Å²) < 4.78 is 39.9. The molecule has 12 heteroatoms. The van der Waals surface area contributed by atoms with Crippen molar-refractivity contribution in [3.8, 4) is 6.01 Å². The van der Waals surface area contributed by atoms with E-state index in [0.717, 1.165) is 50.2 Å². The van der Waals surface area contributed by atoms with Crippen LogP contribution in [0.1, 0.15) is 56.9 Å². The lowest BCUT2D eigenvalue weighted by atomic mass is 10.00. The SMILES string of the molecule is C=C(C(N)=O)C(F)(F)F.CC.Cc1cccc2cccc(N3CCc4c(N)nc(OC[C@@H]5CCCN5C)nc4C3)c12.[C-]#[N+]CCC. The zero-order chi connectivity index (χ0) is 34.4. The van der Waals surface area contributed by atoms with Gasteiger partial charge in [-0.1, -0.05) is 57.7 Å². The third-order valence-corrected chi connectivity index (χ3v) is 7.56. The summed E-state index contributed by atoms with van der Waals surface area (Å²) >= 11 is 0. The van der Waals surface area contributed by atoms with E-state index in [1.165, 1.54) is 28.4 Å². The number of anilines is 2. The van der Waals surface area contributed by atoms with Gasteiger partial charge >= 0.3 is 12.2 Å². The molecule has 1 fully saturated rings. The number of aromatic nitrogens is 2. The van der Waals surface area contributed by atoms with Crippen LogP contribution in [0.15, 0.2) is 48.6 Å². The second kappa shape index (κ2) is 17.9. The van der Waals surface area contributed by atoms with Crippen LogP contribution in [0.3, 0.4) is 0 Å². The molecule has 2 aliphatic heterocycles. The zero-order valence-electron chi connectivity index (χ0n) is 27.5. The fourth-order valence-corrected chi connectivity index (χ4v) is 5.09. The average Bonchev–Trinajstić information content (AvgIpc) is 3.45. The second-order valence-corrected chi connectivity index (χ2v) is 10.7. The van der Waals surface area contributed by atoms with Gasteiger partial charge in [0.1, 0.15) is 18.0 Å². The Kier molecular flexibility index (Phi) is 14.8. The van der Waals surface area contributed by atoms with Gasteiger partial charge in [0, 0.05) is 35.6 Å². The number of nitrogens with two attached hydrogens (primary N) is 2. The summed E-state index contributed by atoms with van der Waals surface area (Å²) in [6, 6.07) is 13.8. The fraction of sp³-hybridized carbons (Fsp3) is 0.471. The number of rotatable bonds is 6. The summed E-state index contributed by atoms with van der Waals surface area (Å²) in [6.07, 6.45) is -0.479. The fourth-order valence-electron chi connectivity index (χ4n) is 5.09. The van der Waals surface area contributed by atoms with Crippen molar-refractivity contribution in [1.29, 1.82) is 0 Å². The van der Waals surface area contributed by atoms with E-state index in [4.69, 9.17) is 22.0 Å². The van der Waals surface area contributed by atoms with Crippen LogP contribution in [0.4, 0.5) is 24.7 Å². The Morgan fingerprint density at radius 3 is 2.37 bits per heavy atom. The normalized spacial score (nSPS) is 15.5. The molecule has 0 saturated carbocycles. The standard InChI is InChI=1S/C24H29N5O.C4H4F3NO.C4H7N.C2H6/c1-16-6-3-7-17-8-4-10-21(22(16)17)29-13-11-19-20(14-29)26-24(27-23(19)25)30-15-18-9-5-12-28(18)2;1-2(3(8)9)4(5,6)7;1-3-4-5-2;1-2/h3-4,6-8,10,18H,5,9,11-15H2,1-2H3,(H2,25,26,27);1H2,(H2,8,9);3-4H2,1H3;1-2H3/t18-;;;/m0.../s1.